The van der Waals surface area contributed by atoms with Gasteiger partial charge in [0.15, 0.2) is 0 Å². The first-order valence-electron chi connectivity index (χ1n) is 9.20. The predicted octanol–water partition coefficient (Wildman–Crippen LogP) is 2.30. The SMILES string of the molecule is CC(F)(F)c1cccc(CN=C(N)C2=CC(N3CCOCC3)=CN/C2=C/N)c1F. The zero-order valence-corrected chi connectivity index (χ0v) is 16.1. The van der Waals surface area contributed by atoms with Gasteiger partial charge >= 0.3 is 0 Å². The Labute approximate surface area is 167 Å². The van der Waals surface area contributed by atoms with E-state index < -0.39 is 17.3 Å². The molecule has 1 saturated heterocycles. The number of amidine groups is 1. The van der Waals surface area contributed by atoms with E-state index in [0.29, 0.717) is 31.4 Å². The summed E-state index contributed by atoms with van der Waals surface area (Å²) < 4.78 is 46.9. The minimum absolute atomic E-state index is 0.0403. The highest BCUT2D eigenvalue weighted by Gasteiger charge is 2.29. The van der Waals surface area contributed by atoms with Crippen molar-refractivity contribution in [3.8, 4) is 0 Å². The van der Waals surface area contributed by atoms with Gasteiger partial charge in [-0.2, -0.15) is 0 Å². The van der Waals surface area contributed by atoms with Gasteiger partial charge in [0.1, 0.15) is 11.7 Å². The lowest BCUT2D eigenvalue weighted by molar-refractivity contribution is 0.0136. The van der Waals surface area contributed by atoms with E-state index in [1.54, 1.807) is 0 Å². The van der Waals surface area contributed by atoms with Crippen LogP contribution in [0.5, 0.6) is 0 Å². The maximum atomic E-state index is 14.4. The fraction of sp³-hybridized carbons (Fsp3) is 0.350. The second-order valence-corrected chi connectivity index (χ2v) is 6.82. The molecule has 29 heavy (non-hydrogen) atoms. The Morgan fingerprint density at radius 1 is 1.34 bits per heavy atom. The summed E-state index contributed by atoms with van der Waals surface area (Å²) in [6.07, 6.45) is 5.01. The molecule has 2 aliphatic heterocycles. The zero-order valence-electron chi connectivity index (χ0n) is 16.1. The second-order valence-electron chi connectivity index (χ2n) is 6.82. The Morgan fingerprint density at radius 2 is 2.07 bits per heavy atom. The van der Waals surface area contributed by atoms with Crippen molar-refractivity contribution in [2.45, 2.75) is 19.4 Å². The Morgan fingerprint density at radius 3 is 2.72 bits per heavy atom. The molecule has 2 heterocycles. The van der Waals surface area contributed by atoms with Crippen molar-refractivity contribution in [3.63, 3.8) is 0 Å². The summed E-state index contributed by atoms with van der Waals surface area (Å²) in [6.45, 7) is 3.21. The number of nitrogens with zero attached hydrogens (tertiary/aromatic N) is 2. The van der Waals surface area contributed by atoms with Crippen molar-refractivity contribution < 1.29 is 17.9 Å². The molecular formula is C20H24F3N5O. The van der Waals surface area contributed by atoms with Crippen LogP contribution < -0.4 is 16.8 Å². The largest absolute Gasteiger partial charge is 0.403 e. The lowest BCUT2D eigenvalue weighted by Crippen LogP contribution is -2.37. The molecule has 0 bridgehead atoms. The van der Waals surface area contributed by atoms with Gasteiger partial charge in [-0.1, -0.05) is 18.2 Å². The van der Waals surface area contributed by atoms with Crippen LogP contribution in [-0.2, 0) is 17.2 Å². The predicted molar refractivity (Wildman–Crippen MR) is 105 cm³/mol. The van der Waals surface area contributed by atoms with Gasteiger partial charge in [-0.3, -0.25) is 4.99 Å². The number of hydrogen-bond donors (Lipinski definition) is 3. The van der Waals surface area contributed by atoms with E-state index in [9.17, 15) is 13.2 Å². The molecule has 1 aromatic carbocycles. The van der Waals surface area contributed by atoms with Gasteiger partial charge in [-0.15, -0.1) is 0 Å². The third-order valence-corrected chi connectivity index (χ3v) is 4.75. The molecule has 0 radical (unpaired) electrons. The monoisotopic (exact) mass is 407 g/mol. The van der Waals surface area contributed by atoms with Crippen LogP contribution in [0, 0.1) is 5.82 Å². The first-order chi connectivity index (χ1) is 13.8. The normalized spacial score (nSPS) is 19.7. The molecule has 1 fully saturated rings. The van der Waals surface area contributed by atoms with Crippen molar-refractivity contribution in [1.82, 2.24) is 10.2 Å². The molecule has 2 aliphatic rings. The molecule has 1 aromatic rings. The van der Waals surface area contributed by atoms with Crippen LogP contribution in [0.15, 0.2) is 58.6 Å². The highest BCUT2D eigenvalue weighted by Crippen LogP contribution is 2.30. The summed E-state index contributed by atoms with van der Waals surface area (Å²) in [5.41, 5.74) is 13.2. The molecular weight excluding hydrogens is 383 g/mol. The van der Waals surface area contributed by atoms with Gasteiger partial charge in [-0.05, 0) is 6.08 Å². The lowest BCUT2D eigenvalue weighted by atomic mass is 10.0. The van der Waals surface area contributed by atoms with Crippen LogP contribution in [0.1, 0.15) is 18.1 Å². The van der Waals surface area contributed by atoms with Gasteiger partial charge in [0.2, 0.25) is 0 Å². The molecule has 6 nitrogen and oxygen atoms in total. The summed E-state index contributed by atoms with van der Waals surface area (Å²) >= 11 is 0. The quantitative estimate of drug-likeness (QED) is 0.515. The number of hydrogen-bond acceptors (Lipinski definition) is 5. The van der Waals surface area contributed by atoms with E-state index >= 15 is 0 Å². The average molecular weight is 407 g/mol. The Balaban J connectivity index is 1.84. The summed E-state index contributed by atoms with van der Waals surface area (Å²) in [5.74, 6) is -4.13. The third-order valence-electron chi connectivity index (χ3n) is 4.75. The first-order valence-corrected chi connectivity index (χ1v) is 9.20. The number of nitrogens with one attached hydrogen (secondary N) is 1. The first kappa shape index (κ1) is 20.8. The van der Waals surface area contributed by atoms with Crippen LogP contribution in [-0.4, -0.2) is 37.0 Å². The average Bonchev–Trinajstić information content (AvgIpc) is 2.72. The zero-order chi connectivity index (χ0) is 21.0. The molecule has 0 unspecified atom stereocenters. The van der Waals surface area contributed by atoms with E-state index in [1.807, 2.05) is 12.3 Å². The molecule has 0 atom stereocenters. The Bertz CT molecular complexity index is 881. The van der Waals surface area contributed by atoms with Crippen molar-refractivity contribution in [1.29, 1.82) is 0 Å². The van der Waals surface area contributed by atoms with Crippen molar-refractivity contribution in [2.24, 2.45) is 16.5 Å². The maximum Gasteiger partial charge on any atom is 0.273 e. The number of ether oxygens (including phenoxy) is 1. The number of nitrogens with two attached hydrogens (primary N) is 2. The Hall–Kier alpha value is -2.94. The number of alkyl halides is 2. The molecule has 0 aromatic heterocycles. The number of rotatable bonds is 5. The highest BCUT2D eigenvalue weighted by atomic mass is 19.3. The maximum absolute atomic E-state index is 14.4. The lowest BCUT2D eigenvalue weighted by Gasteiger charge is -2.32. The summed E-state index contributed by atoms with van der Waals surface area (Å²) in [7, 11) is 0. The number of halogens is 3. The minimum atomic E-state index is -3.28. The summed E-state index contributed by atoms with van der Waals surface area (Å²) in [6, 6.07) is 3.85. The number of aliphatic imine (C=N–C) groups is 1. The topological polar surface area (TPSA) is 88.9 Å². The number of dihydropyridines is 1. The summed E-state index contributed by atoms with van der Waals surface area (Å²) in [4.78, 5) is 6.34. The van der Waals surface area contributed by atoms with Gasteiger partial charge < -0.3 is 26.4 Å². The molecule has 0 saturated carbocycles. The molecule has 156 valence electrons. The van der Waals surface area contributed by atoms with Crippen LogP contribution in [0.4, 0.5) is 13.2 Å². The molecule has 0 aliphatic carbocycles. The molecule has 9 heteroatoms. The molecule has 5 N–H and O–H groups in total. The van der Waals surface area contributed by atoms with Crippen molar-refractivity contribution in [3.05, 3.63) is 70.6 Å². The minimum Gasteiger partial charge on any atom is -0.403 e. The summed E-state index contributed by atoms with van der Waals surface area (Å²) in [5, 5.41) is 3.07. The number of allylic oxidation sites excluding steroid dienone is 1. The molecule has 3 rings (SSSR count). The van der Waals surface area contributed by atoms with E-state index in [-0.39, 0.29) is 17.9 Å². The van der Waals surface area contributed by atoms with Crippen LogP contribution in [0.3, 0.4) is 0 Å². The highest BCUT2D eigenvalue weighted by molar-refractivity contribution is 6.01. The van der Waals surface area contributed by atoms with E-state index in [2.05, 4.69) is 15.2 Å². The van der Waals surface area contributed by atoms with E-state index in [1.165, 1.54) is 18.3 Å². The second kappa shape index (κ2) is 8.60. The number of morpholine rings is 1. The third kappa shape index (κ3) is 4.73. The Kier molecular flexibility index (Phi) is 6.17. The van der Waals surface area contributed by atoms with Gasteiger partial charge in [0.25, 0.3) is 5.92 Å². The standard InChI is InChI=1S/C20H24F3N5O/c1-20(22,23)16-4-2-3-13(18(16)21)11-27-19(25)15-9-14(12-26-17(15)10-24)28-5-7-29-8-6-28/h2-4,9-10,12,26H,5-8,11,24H2,1H3,(H2,25,27)/b17-10+. The van der Waals surface area contributed by atoms with Gasteiger partial charge in [0, 0.05) is 43.5 Å². The van der Waals surface area contributed by atoms with Gasteiger partial charge in [-0.25, -0.2) is 13.2 Å². The van der Waals surface area contributed by atoms with Crippen LogP contribution in [0.2, 0.25) is 0 Å². The molecule has 0 amide bonds. The fourth-order valence-corrected chi connectivity index (χ4v) is 3.15. The van der Waals surface area contributed by atoms with Gasteiger partial charge in [0.05, 0.1) is 36.7 Å². The van der Waals surface area contributed by atoms with Crippen molar-refractivity contribution >= 4 is 5.84 Å². The fourth-order valence-electron chi connectivity index (χ4n) is 3.15. The number of benzene rings is 1. The van der Waals surface area contributed by atoms with E-state index in [0.717, 1.165) is 24.9 Å². The van der Waals surface area contributed by atoms with Crippen molar-refractivity contribution in [2.75, 3.05) is 26.3 Å². The van der Waals surface area contributed by atoms with Crippen LogP contribution >= 0.6 is 0 Å². The van der Waals surface area contributed by atoms with Crippen LogP contribution in [0.25, 0.3) is 0 Å². The smallest absolute Gasteiger partial charge is 0.273 e. The van der Waals surface area contributed by atoms with E-state index in [4.69, 9.17) is 16.2 Å². The molecule has 0 spiro atoms.